The van der Waals surface area contributed by atoms with E-state index in [-0.39, 0.29) is 19.4 Å². The van der Waals surface area contributed by atoms with Gasteiger partial charge in [-0.2, -0.15) is 9.98 Å². The molecule has 0 saturated carbocycles. The normalized spacial score (nSPS) is 19.7. The van der Waals surface area contributed by atoms with Crippen LogP contribution < -0.4 is 4.74 Å². The van der Waals surface area contributed by atoms with Gasteiger partial charge in [-0.3, -0.25) is 0 Å². The molecule has 0 amide bonds. The lowest BCUT2D eigenvalue weighted by Crippen LogP contribution is -2.09. The Hall–Kier alpha value is -2.67. The summed E-state index contributed by atoms with van der Waals surface area (Å²) in [7, 11) is 3.12. The largest absolute Gasteiger partial charge is 0.468 e. The monoisotopic (exact) mass is 414 g/mol. The zero-order valence-electron chi connectivity index (χ0n) is 16.4. The summed E-state index contributed by atoms with van der Waals surface area (Å²) in [5, 5.41) is 9.98. The third kappa shape index (κ3) is 5.44. The second-order valence-electron chi connectivity index (χ2n) is 6.33. The minimum atomic E-state index is -0.0648. The van der Waals surface area contributed by atoms with Crippen LogP contribution in [0.15, 0.2) is 58.5 Å². The Balaban J connectivity index is 1.89. The standard InChI is InChI=1S/C22H23ClN2O4/c1-27-14-29-17-9-7-16(8-10-17)20-4-3-5-21(25-22(24-20)28-2)18-12-15(13-26)6-11-19(18)23/h5-12,26H,3-4,13-14H2,1-2H3/b21-5+,24-20+,25-22+. The second-order valence-corrected chi connectivity index (χ2v) is 6.74. The van der Waals surface area contributed by atoms with Crippen molar-refractivity contribution < 1.29 is 19.3 Å². The van der Waals surface area contributed by atoms with E-state index in [1.807, 2.05) is 36.4 Å². The zero-order chi connectivity index (χ0) is 20.6. The number of amidine groups is 1. The molecule has 1 aliphatic heterocycles. The van der Waals surface area contributed by atoms with Gasteiger partial charge in [0.25, 0.3) is 0 Å². The van der Waals surface area contributed by atoms with Crippen LogP contribution in [0.25, 0.3) is 5.70 Å². The first-order valence-corrected chi connectivity index (χ1v) is 9.54. The number of aliphatic hydroxyl groups is 1. The van der Waals surface area contributed by atoms with Gasteiger partial charge in [0, 0.05) is 17.7 Å². The molecular weight excluding hydrogens is 392 g/mol. The van der Waals surface area contributed by atoms with Gasteiger partial charge in [0.15, 0.2) is 6.79 Å². The molecule has 1 heterocycles. The van der Waals surface area contributed by atoms with E-state index in [0.717, 1.165) is 34.6 Å². The van der Waals surface area contributed by atoms with Gasteiger partial charge >= 0.3 is 6.02 Å². The van der Waals surface area contributed by atoms with Gasteiger partial charge in [0.2, 0.25) is 0 Å². The molecule has 3 rings (SSSR count). The fourth-order valence-electron chi connectivity index (χ4n) is 2.90. The van der Waals surface area contributed by atoms with Crippen LogP contribution in [0.1, 0.15) is 29.5 Å². The maximum atomic E-state index is 9.42. The fraction of sp³-hybridized carbons (Fsp3) is 0.273. The topological polar surface area (TPSA) is 72.6 Å². The highest BCUT2D eigenvalue weighted by Gasteiger charge is 2.14. The minimum Gasteiger partial charge on any atom is -0.468 e. The Morgan fingerprint density at radius 1 is 1.07 bits per heavy atom. The van der Waals surface area contributed by atoms with E-state index in [2.05, 4.69) is 9.98 Å². The Morgan fingerprint density at radius 3 is 2.55 bits per heavy atom. The van der Waals surface area contributed by atoms with Crippen molar-refractivity contribution in [2.45, 2.75) is 19.4 Å². The number of hydrogen-bond acceptors (Lipinski definition) is 6. The Morgan fingerprint density at radius 2 is 1.86 bits per heavy atom. The van der Waals surface area contributed by atoms with E-state index in [0.29, 0.717) is 17.1 Å². The van der Waals surface area contributed by atoms with Crippen LogP contribution in [0.2, 0.25) is 5.02 Å². The number of aliphatic hydroxyl groups excluding tert-OH is 1. The number of allylic oxidation sites excluding steroid dienone is 1. The zero-order valence-corrected chi connectivity index (χ0v) is 17.1. The molecule has 0 aromatic heterocycles. The second kappa shape index (κ2) is 10.2. The first-order chi connectivity index (χ1) is 14.1. The van der Waals surface area contributed by atoms with E-state index in [4.69, 9.17) is 25.8 Å². The SMILES string of the molecule is COCOc1ccc(/C2=N/C(OC)=N\C(c3cc(CO)ccc3Cl)=C\CC2)cc1. The Labute approximate surface area is 175 Å². The number of ether oxygens (including phenoxy) is 3. The number of aliphatic imine (C=N–C) groups is 2. The predicted molar refractivity (Wildman–Crippen MR) is 115 cm³/mol. The van der Waals surface area contributed by atoms with Gasteiger partial charge in [-0.15, -0.1) is 0 Å². The number of rotatable bonds is 6. The molecule has 0 radical (unpaired) electrons. The summed E-state index contributed by atoms with van der Waals surface area (Å²) in [6.07, 6.45) is 3.45. The molecule has 0 spiro atoms. The molecule has 0 bridgehead atoms. The number of halogens is 1. The van der Waals surface area contributed by atoms with E-state index >= 15 is 0 Å². The van der Waals surface area contributed by atoms with Crippen molar-refractivity contribution in [2.24, 2.45) is 9.98 Å². The van der Waals surface area contributed by atoms with Crippen molar-refractivity contribution in [3.05, 3.63) is 70.3 Å². The van der Waals surface area contributed by atoms with E-state index in [1.54, 1.807) is 19.2 Å². The number of benzene rings is 2. The smallest absolute Gasteiger partial charge is 0.316 e. The van der Waals surface area contributed by atoms with Crippen molar-refractivity contribution in [1.29, 1.82) is 0 Å². The van der Waals surface area contributed by atoms with Crippen molar-refractivity contribution >= 4 is 29.0 Å². The van der Waals surface area contributed by atoms with Gasteiger partial charge in [-0.1, -0.05) is 23.7 Å². The first kappa shape index (κ1) is 21.0. The van der Waals surface area contributed by atoms with Crippen LogP contribution in [0.3, 0.4) is 0 Å². The van der Waals surface area contributed by atoms with E-state index in [9.17, 15) is 5.11 Å². The summed E-state index contributed by atoms with van der Waals surface area (Å²) in [5.41, 5.74) is 4.02. The van der Waals surface area contributed by atoms with Crippen LogP contribution >= 0.6 is 11.6 Å². The summed E-state index contributed by atoms with van der Waals surface area (Å²) in [4.78, 5) is 9.16. The van der Waals surface area contributed by atoms with Crippen LogP contribution in [-0.2, 0) is 16.1 Å². The van der Waals surface area contributed by atoms with Gasteiger partial charge < -0.3 is 19.3 Å². The molecule has 29 heavy (non-hydrogen) atoms. The van der Waals surface area contributed by atoms with Crippen LogP contribution in [0.4, 0.5) is 0 Å². The van der Waals surface area contributed by atoms with Gasteiger partial charge in [-0.05, 0) is 60.4 Å². The quantitative estimate of drug-likeness (QED) is 0.709. The molecule has 1 aliphatic rings. The third-order valence-electron chi connectivity index (χ3n) is 4.37. The molecule has 152 valence electrons. The summed E-state index contributed by atoms with van der Waals surface area (Å²) in [6, 6.07) is 13.3. The maximum Gasteiger partial charge on any atom is 0.316 e. The lowest BCUT2D eigenvalue weighted by atomic mass is 10.0. The highest BCUT2D eigenvalue weighted by atomic mass is 35.5. The fourth-order valence-corrected chi connectivity index (χ4v) is 3.11. The van der Waals surface area contributed by atoms with Gasteiger partial charge in [-0.25, -0.2) is 0 Å². The molecule has 0 atom stereocenters. The third-order valence-corrected chi connectivity index (χ3v) is 4.70. The molecule has 6 nitrogen and oxygen atoms in total. The van der Waals surface area contributed by atoms with Gasteiger partial charge in [0.05, 0.1) is 25.1 Å². The lowest BCUT2D eigenvalue weighted by molar-refractivity contribution is 0.0511. The summed E-state index contributed by atoms with van der Waals surface area (Å²) in [6.45, 7) is 0.138. The molecule has 0 aliphatic carbocycles. The maximum absolute atomic E-state index is 9.42. The molecule has 0 unspecified atom stereocenters. The lowest BCUT2D eigenvalue weighted by Gasteiger charge is -2.13. The average Bonchev–Trinajstić information content (AvgIpc) is 2.73. The molecule has 2 aromatic carbocycles. The highest BCUT2D eigenvalue weighted by molar-refractivity contribution is 6.32. The summed E-state index contributed by atoms with van der Waals surface area (Å²) >= 11 is 6.36. The van der Waals surface area contributed by atoms with E-state index in [1.165, 1.54) is 7.11 Å². The Bertz CT molecular complexity index is 936. The molecular formula is C22H23ClN2O4. The van der Waals surface area contributed by atoms with Crippen molar-refractivity contribution in [3.8, 4) is 5.75 Å². The Kier molecular flexibility index (Phi) is 7.41. The van der Waals surface area contributed by atoms with Crippen molar-refractivity contribution in [3.63, 3.8) is 0 Å². The van der Waals surface area contributed by atoms with Crippen molar-refractivity contribution in [1.82, 2.24) is 0 Å². The summed E-state index contributed by atoms with van der Waals surface area (Å²) in [5.74, 6) is 0.725. The van der Waals surface area contributed by atoms with E-state index < -0.39 is 0 Å². The average molecular weight is 415 g/mol. The minimum absolute atomic E-state index is 0.0648. The van der Waals surface area contributed by atoms with Gasteiger partial charge in [0.1, 0.15) is 5.75 Å². The molecule has 2 aromatic rings. The number of nitrogens with zero attached hydrogens (tertiary/aromatic N) is 2. The molecule has 0 saturated heterocycles. The summed E-state index contributed by atoms with van der Waals surface area (Å²) < 4.78 is 15.7. The molecule has 0 fully saturated rings. The molecule has 1 N–H and O–H groups in total. The first-order valence-electron chi connectivity index (χ1n) is 9.17. The molecule has 7 heteroatoms. The number of hydrogen-bond donors (Lipinski definition) is 1. The number of methoxy groups -OCH3 is 2. The van der Waals surface area contributed by atoms with Crippen molar-refractivity contribution in [2.75, 3.05) is 21.0 Å². The van der Waals surface area contributed by atoms with Crippen LogP contribution in [0.5, 0.6) is 5.75 Å². The predicted octanol–water partition coefficient (Wildman–Crippen LogP) is 4.44. The highest BCUT2D eigenvalue weighted by Crippen LogP contribution is 2.28. The van der Waals surface area contributed by atoms with Crippen LogP contribution in [-0.4, -0.2) is 37.9 Å². The van der Waals surface area contributed by atoms with Crippen LogP contribution in [0, 0.1) is 0 Å².